The van der Waals surface area contributed by atoms with Gasteiger partial charge in [-0.1, -0.05) is 12.1 Å². The number of para-hydroxylation sites is 2. The second-order valence-electron chi connectivity index (χ2n) is 6.26. The summed E-state index contributed by atoms with van der Waals surface area (Å²) in [6, 6.07) is 13.8. The van der Waals surface area contributed by atoms with Crippen LogP contribution >= 0.6 is 24.0 Å². The number of H-pyrrole nitrogens is 1. The SMILES string of the molecule is CCNC(=NCCCc1nc2ccccc2[nH]1)Nc1ccc(OC)c(OC)c1.I. The molecule has 3 N–H and O–H groups in total. The number of ether oxygens (including phenoxy) is 2. The van der Waals surface area contributed by atoms with Gasteiger partial charge in [-0.3, -0.25) is 4.99 Å². The Morgan fingerprint density at radius 3 is 2.62 bits per heavy atom. The first kappa shape index (κ1) is 22.8. The van der Waals surface area contributed by atoms with E-state index in [4.69, 9.17) is 9.47 Å². The molecule has 1 aromatic heterocycles. The Balaban J connectivity index is 0.00000300. The van der Waals surface area contributed by atoms with Crippen molar-refractivity contribution < 1.29 is 9.47 Å². The number of nitrogens with zero attached hydrogens (tertiary/aromatic N) is 2. The molecule has 0 atom stereocenters. The molecule has 0 unspecified atom stereocenters. The van der Waals surface area contributed by atoms with Crippen molar-refractivity contribution in [2.75, 3.05) is 32.6 Å². The molecule has 0 fully saturated rings. The number of anilines is 1. The minimum absolute atomic E-state index is 0. The van der Waals surface area contributed by atoms with E-state index < -0.39 is 0 Å². The highest BCUT2D eigenvalue weighted by atomic mass is 127. The van der Waals surface area contributed by atoms with Crippen molar-refractivity contribution >= 4 is 46.7 Å². The number of hydrogen-bond acceptors (Lipinski definition) is 4. The van der Waals surface area contributed by atoms with E-state index in [1.54, 1.807) is 14.2 Å². The van der Waals surface area contributed by atoms with E-state index in [9.17, 15) is 0 Å². The van der Waals surface area contributed by atoms with Crippen LogP contribution < -0.4 is 20.1 Å². The van der Waals surface area contributed by atoms with Crippen molar-refractivity contribution in [3.63, 3.8) is 0 Å². The number of imidazole rings is 1. The molecule has 0 aliphatic carbocycles. The summed E-state index contributed by atoms with van der Waals surface area (Å²) in [4.78, 5) is 12.6. The maximum atomic E-state index is 5.36. The molecular weight excluding hydrogens is 481 g/mol. The monoisotopic (exact) mass is 509 g/mol. The molecule has 0 aliphatic heterocycles. The van der Waals surface area contributed by atoms with Gasteiger partial charge in [0.1, 0.15) is 5.82 Å². The number of fused-ring (bicyclic) bond motifs is 1. The molecule has 0 radical (unpaired) electrons. The van der Waals surface area contributed by atoms with Gasteiger partial charge < -0.3 is 25.1 Å². The summed E-state index contributed by atoms with van der Waals surface area (Å²) in [7, 11) is 3.25. The third kappa shape index (κ3) is 6.25. The number of aromatic nitrogens is 2. The number of aryl methyl sites for hydroxylation is 1. The molecule has 0 saturated carbocycles. The zero-order chi connectivity index (χ0) is 19.8. The lowest BCUT2D eigenvalue weighted by atomic mass is 10.2. The molecule has 3 rings (SSSR count). The molecule has 7 nitrogen and oxygen atoms in total. The van der Waals surface area contributed by atoms with Crippen molar-refractivity contribution in [2.24, 2.45) is 4.99 Å². The predicted molar refractivity (Wildman–Crippen MR) is 129 cm³/mol. The summed E-state index contributed by atoms with van der Waals surface area (Å²) in [5.41, 5.74) is 2.96. The Hall–Kier alpha value is -2.49. The minimum Gasteiger partial charge on any atom is -0.493 e. The van der Waals surface area contributed by atoms with Crippen LogP contribution in [-0.4, -0.2) is 43.2 Å². The Bertz CT molecular complexity index is 909. The fourth-order valence-corrected chi connectivity index (χ4v) is 2.92. The topological polar surface area (TPSA) is 83.6 Å². The van der Waals surface area contributed by atoms with E-state index in [1.807, 2.05) is 49.4 Å². The number of aliphatic imine (C=N–C) groups is 1. The van der Waals surface area contributed by atoms with Gasteiger partial charge in [-0.15, -0.1) is 24.0 Å². The quantitative estimate of drug-likeness (QED) is 0.184. The number of hydrogen-bond donors (Lipinski definition) is 3. The highest BCUT2D eigenvalue weighted by Crippen LogP contribution is 2.29. The first-order valence-electron chi connectivity index (χ1n) is 9.44. The highest BCUT2D eigenvalue weighted by molar-refractivity contribution is 14.0. The van der Waals surface area contributed by atoms with Crippen LogP contribution in [0.4, 0.5) is 5.69 Å². The average molecular weight is 509 g/mol. The number of aromatic amines is 1. The van der Waals surface area contributed by atoms with Crippen molar-refractivity contribution in [2.45, 2.75) is 19.8 Å². The van der Waals surface area contributed by atoms with Gasteiger partial charge in [-0.2, -0.15) is 0 Å². The fraction of sp³-hybridized carbons (Fsp3) is 0.333. The van der Waals surface area contributed by atoms with Crippen LogP contribution in [0.5, 0.6) is 11.5 Å². The molecule has 8 heteroatoms. The third-order valence-corrected chi connectivity index (χ3v) is 4.27. The first-order chi connectivity index (χ1) is 13.7. The number of nitrogens with one attached hydrogen (secondary N) is 3. The van der Waals surface area contributed by atoms with E-state index in [0.717, 1.165) is 47.9 Å². The van der Waals surface area contributed by atoms with Gasteiger partial charge in [0.05, 0.1) is 25.3 Å². The van der Waals surface area contributed by atoms with E-state index in [2.05, 4.69) is 25.6 Å². The van der Waals surface area contributed by atoms with Crippen molar-refractivity contribution in [3.05, 3.63) is 48.3 Å². The Kier molecular flexibility index (Phi) is 9.04. The molecule has 2 aromatic carbocycles. The second-order valence-corrected chi connectivity index (χ2v) is 6.26. The first-order valence-corrected chi connectivity index (χ1v) is 9.44. The van der Waals surface area contributed by atoms with E-state index in [1.165, 1.54) is 0 Å². The number of rotatable bonds is 8. The van der Waals surface area contributed by atoms with Crippen LogP contribution in [0.2, 0.25) is 0 Å². The maximum absolute atomic E-state index is 5.36. The molecular formula is C21H28IN5O2. The summed E-state index contributed by atoms with van der Waals surface area (Å²) in [6.45, 7) is 3.52. The van der Waals surface area contributed by atoms with Gasteiger partial charge in [0.15, 0.2) is 17.5 Å². The second kappa shape index (κ2) is 11.5. The molecule has 0 bridgehead atoms. The smallest absolute Gasteiger partial charge is 0.195 e. The van der Waals surface area contributed by atoms with Crippen LogP contribution in [0.15, 0.2) is 47.5 Å². The van der Waals surface area contributed by atoms with Gasteiger partial charge in [0.2, 0.25) is 0 Å². The Labute approximate surface area is 188 Å². The molecule has 0 amide bonds. The van der Waals surface area contributed by atoms with Gasteiger partial charge in [0.25, 0.3) is 0 Å². The summed E-state index contributed by atoms with van der Waals surface area (Å²) in [6.07, 6.45) is 1.76. The van der Waals surface area contributed by atoms with Gasteiger partial charge in [0, 0.05) is 31.3 Å². The van der Waals surface area contributed by atoms with Crippen LogP contribution in [0.25, 0.3) is 11.0 Å². The lowest BCUT2D eigenvalue weighted by Crippen LogP contribution is -2.30. The Morgan fingerprint density at radius 1 is 1.10 bits per heavy atom. The van der Waals surface area contributed by atoms with Gasteiger partial charge >= 0.3 is 0 Å². The molecule has 0 spiro atoms. The zero-order valence-corrected chi connectivity index (χ0v) is 19.3. The minimum atomic E-state index is 0. The fourth-order valence-electron chi connectivity index (χ4n) is 2.92. The molecule has 3 aromatic rings. The number of benzene rings is 2. The van der Waals surface area contributed by atoms with Crippen molar-refractivity contribution in [1.29, 1.82) is 0 Å². The molecule has 0 saturated heterocycles. The zero-order valence-electron chi connectivity index (χ0n) is 17.0. The van der Waals surface area contributed by atoms with E-state index in [0.29, 0.717) is 18.0 Å². The number of halogens is 1. The van der Waals surface area contributed by atoms with Crippen LogP contribution in [0.3, 0.4) is 0 Å². The Morgan fingerprint density at radius 2 is 1.90 bits per heavy atom. The molecule has 1 heterocycles. The number of guanidine groups is 1. The average Bonchev–Trinajstić information content (AvgIpc) is 3.14. The lowest BCUT2D eigenvalue weighted by molar-refractivity contribution is 0.355. The molecule has 29 heavy (non-hydrogen) atoms. The summed E-state index contributed by atoms with van der Waals surface area (Å²) in [5.74, 6) is 3.10. The summed E-state index contributed by atoms with van der Waals surface area (Å²) >= 11 is 0. The van der Waals surface area contributed by atoms with Crippen LogP contribution in [0.1, 0.15) is 19.2 Å². The third-order valence-electron chi connectivity index (χ3n) is 4.27. The normalized spacial score (nSPS) is 11.1. The van der Waals surface area contributed by atoms with Gasteiger partial charge in [-0.25, -0.2) is 4.98 Å². The largest absolute Gasteiger partial charge is 0.493 e. The van der Waals surface area contributed by atoms with E-state index in [-0.39, 0.29) is 24.0 Å². The highest BCUT2D eigenvalue weighted by Gasteiger charge is 2.06. The van der Waals surface area contributed by atoms with Gasteiger partial charge in [-0.05, 0) is 37.6 Å². The standard InChI is InChI=1S/C21H27N5O2.HI/c1-4-22-21(24-15-11-12-18(27-2)19(14-15)28-3)23-13-7-10-20-25-16-8-5-6-9-17(16)26-20;/h5-6,8-9,11-12,14H,4,7,10,13H2,1-3H3,(H,25,26)(H2,22,23,24);1H. The van der Waals surface area contributed by atoms with E-state index >= 15 is 0 Å². The summed E-state index contributed by atoms with van der Waals surface area (Å²) in [5, 5.41) is 6.57. The van der Waals surface area contributed by atoms with Crippen LogP contribution in [0, 0.1) is 0 Å². The van der Waals surface area contributed by atoms with Crippen molar-refractivity contribution in [1.82, 2.24) is 15.3 Å². The lowest BCUT2D eigenvalue weighted by Gasteiger charge is -2.13. The van der Waals surface area contributed by atoms with Crippen LogP contribution in [-0.2, 0) is 6.42 Å². The molecule has 0 aliphatic rings. The number of methoxy groups -OCH3 is 2. The predicted octanol–water partition coefficient (Wildman–Crippen LogP) is 4.21. The van der Waals surface area contributed by atoms with Crippen molar-refractivity contribution in [3.8, 4) is 11.5 Å². The molecule has 156 valence electrons. The maximum Gasteiger partial charge on any atom is 0.195 e. The summed E-state index contributed by atoms with van der Waals surface area (Å²) < 4.78 is 10.6.